The molecular formula is C17H20N4O2. The van der Waals surface area contributed by atoms with E-state index in [1.807, 2.05) is 18.2 Å². The van der Waals surface area contributed by atoms with E-state index in [1.54, 1.807) is 12.1 Å². The third kappa shape index (κ3) is 4.04. The smallest absolute Gasteiger partial charge is 0.251 e. The molecule has 0 unspecified atom stereocenters. The minimum absolute atomic E-state index is 0.0761. The zero-order valence-corrected chi connectivity index (χ0v) is 12.9. The van der Waals surface area contributed by atoms with Gasteiger partial charge < -0.3 is 15.8 Å². The maximum Gasteiger partial charge on any atom is 0.251 e. The largest absolute Gasteiger partial charge is 0.384 e. The summed E-state index contributed by atoms with van der Waals surface area (Å²) in [5.74, 6) is 0.891. The van der Waals surface area contributed by atoms with E-state index in [2.05, 4.69) is 15.3 Å². The molecule has 3 N–H and O–H groups in total. The number of amides is 1. The number of rotatable bonds is 5. The molecule has 1 atom stereocenters. The van der Waals surface area contributed by atoms with Crippen molar-refractivity contribution >= 4 is 11.7 Å². The summed E-state index contributed by atoms with van der Waals surface area (Å²) in [6, 6.07) is 9.04. The predicted octanol–water partition coefficient (Wildman–Crippen LogP) is 1.88. The van der Waals surface area contributed by atoms with Crippen molar-refractivity contribution in [1.29, 1.82) is 0 Å². The highest BCUT2D eigenvalue weighted by Gasteiger charge is 2.15. The van der Waals surface area contributed by atoms with E-state index in [-0.39, 0.29) is 5.91 Å². The zero-order valence-electron chi connectivity index (χ0n) is 12.9. The van der Waals surface area contributed by atoms with Crippen LogP contribution in [0.1, 0.15) is 23.2 Å². The first-order chi connectivity index (χ1) is 11.2. The molecule has 1 aliphatic rings. The number of benzene rings is 1. The van der Waals surface area contributed by atoms with Crippen molar-refractivity contribution in [2.24, 2.45) is 5.92 Å². The monoisotopic (exact) mass is 312 g/mol. The van der Waals surface area contributed by atoms with Crippen LogP contribution >= 0.6 is 0 Å². The molecule has 23 heavy (non-hydrogen) atoms. The van der Waals surface area contributed by atoms with E-state index in [4.69, 9.17) is 10.5 Å². The predicted molar refractivity (Wildman–Crippen MR) is 87.8 cm³/mol. The Balaban J connectivity index is 1.63. The van der Waals surface area contributed by atoms with Crippen LogP contribution in [0.3, 0.4) is 0 Å². The summed E-state index contributed by atoms with van der Waals surface area (Å²) in [5.41, 5.74) is 7.84. The molecule has 0 aliphatic carbocycles. The molecular weight excluding hydrogens is 292 g/mol. The summed E-state index contributed by atoms with van der Waals surface area (Å²) in [6.07, 6.45) is 3.45. The molecule has 2 heterocycles. The van der Waals surface area contributed by atoms with Crippen LogP contribution in [0.15, 0.2) is 36.7 Å². The van der Waals surface area contributed by atoms with Crippen LogP contribution in [-0.4, -0.2) is 35.6 Å². The van der Waals surface area contributed by atoms with Crippen molar-refractivity contribution in [3.05, 3.63) is 42.2 Å². The van der Waals surface area contributed by atoms with E-state index in [1.165, 1.54) is 6.33 Å². The molecule has 1 aromatic carbocycles. The van der Waals surface area contributed by atoms with Crippen molar-refractivity contribution in [2.45, 2.75) is 12.8 Å². The van der Waals surface area contributed by atoms with Crippen molar-refractivity contribution in [3.63, 3.8) is 0 Å². The third-order valence-corrected chi connectivity index (χ3v) is 3.97. The number of nitrogen functional groups attached to an aromatic ring is 1. The van der Waals surface area contributed by atoms with Gasteiger partial charge in [-0.25, -0.2) is 9.97 Å². The third-order valence-electron chi connectivity index (χ3n) is 3.97. The van der Waals surface area contributed by atoms with Gasteiger partial charge in [0.1, 0.15) is 12.1 Å². The zero-order chi connectivity index (χ0) is 16.1. The van der Waals surface area contributed by atoms with E-state index >= 15 is 0 Å². The van der Waals surface area contributed by atoms with Gasteiger partial charge in [-0.3, -0.25) is 4.79 Å². The maximum absolute atomic E-state index is 12.3. The number of anilines is 1. The summed E-state index contributed by atoms with van der Waals surface area (Å²) < 4.78 is 5.34. The Morgan fingerprint density at radius 2 is 2.26 bits per heavy atom. The van der Waals surface area contributed by atoms with Gasteiger partial charge in [-0.2, -0.15) is 0 Å². The van der Waals surface area contributed by atoms with E-state index in [0.717, 1.165) is 31.6 Å². The lowest BCUT2D eigenvalue weighted by atomic mass is 10.0. The molecule has 3 rings (SSSR count). The minimum atomic E-state index is -0.0761. The molecule has 2 aromatic rings. The van der Waals surface area contributed by atoms with Gasteiger partial charge >= 0.3 is 0 Å². The Morgan fingerprint density at radius 3 is 3.04 bits per heavy atom. The topological polar surface area (TPSA) is 90.1 Å². The number of aromatic nitrogens is 2. The minimum Gasteiger partial charge on any atom is -0.384 e. The molecule has 1 saturated heterocycles. The number of hydrogen-bond donors (Lipinski definition) is 2. The lowest BCUT2D eigenvalue weighted by molar-refractivity contribution is 0.0950. The van der Waals surface area contributed by atoms with E-state index in [0.29, 0.717) is 29.5 Å². The van der Waals surface area contributed by atoms with Crippen molar-refractivity contribution < 1.29 is 9.53 Å². The van der Waals surface area contributed by atoms with Crippen LogP contribution in [-0.2, 0) is 4.74 Å². The summed E-state index contributed by atoms with van der Waals surface area (Å²) in [4.78, 5) is 20.3. The Labute approximate surface area is 135 Å². The standard InChI is InChI=1S/C17H20N4O2/c18-16-9-15(20-11-21-16)13-2-1-3-14(8-13)17(22)19-6-4-12-5-7-23-10-12/h1-3,8-9,11-12H,4-7,10H2,(H,19,22)(H2,18,20,21)/t12-/m0/s1. The number of hydrogen-bond acceptors (Lipinski definition) is 5. The molecule has 1 aliphatic heterocycles. The van der Waals surface area contributed by atoms with Gasteiger partial charge in [-0.1, -0.05) is 12.1 Å². The molecule has 120 valence electrons. The van der Waals surface area contributed by atoms with Crippen LogP contribution in [0.4, 0.5) is 5.82 Å². The number of carbonyl (C=O) groups is 1. The van der Waals surface area contributed by atoms with Gasteiger partial charge in [0.05, 0.1) is 5.69 Å². The Bertz CT molecular complexity index is 684. The second-order valence-corrected chi connectivity index (χ2v) is 5.68. The Hall–Kier alpha value is -2.47. The van der Waals surface area contributed by atoms with Crippen molar-refractivity contribution in [2.75, 3.05) is 25.5 Å². The summed E-state index contributed by atoms with van der Waals surface area (Å²) in [7, 11) is 0. The van der Waals surface area contributed by atoms with Gasteiger partial charge in [0.25, 0.3) is 5.91 Å². The fraction of sp³-hybridized carbons (Fsp3) is 0.353. The Kier molecular flexibility index (Phi) is 4.83. The van der Waals surface area contributed by atoms with Gasteiger partial charge in [0.2, 0.25) is 0 Å². The lowest BCUT2D eigenvalue weighted by Crippen LogP contribution is -2.26. The first kappa shape index (κ1) is 15.4. The first-order valence-corrected chi connectivity index (χ1v) is 7.76. The lowest BCUT2D eigenvalue weighted by Gasteiger charge is -2.09. The number of ether oxygens (including phenoxy) is 1. The Morgan fingerprint density at radius 1 is 1.35 bits per heavy atom. The maximum atomic E-state index is 12.3. The van der Waals surface area contributed by atoms with Gasteiger partial charge in [-0.15, -0.1) is 0 Å². The summed E-state index contributed by atoms with van der Waals surface area (Å²) >= 11 is 0. The van der Waals surface area contributed by atoms with Crippen LogP contribution in [0, 0.1) is 5.92 Å². The molecule has 0 radical (unpaired) electrons. The molecule has 1 aromatic heterocycles. The highest BCUT2D eigenvalue weighted by Crippen LogP contribution is 2.19. The highest BCUT2D eigenvalue weighted by atomic mass is 16.5. The average molecular weight is 312 g/mol. The van der Waals surface area contributed by atoms with E-state index < -0.39 is 0 Å². The molecule has 6 nitrogen and oxygen atoms in total. The van der Waals surface area contributed by atoms with Crippen molar-refractivity contribution in [1.82, 2.24) is 15.3 Å². The van der Waals surface area contributed by atoms with E-state index in [9.17, 15) is 4.79 Å². The SMILES string of the molecule is Nc1cc(-c2cccc(C(=O)NCC[C@H]3CCOC3)c2)ncn1. The highest BCUT2D eigenvalue weighted by molar-refractivity contribution is 5.95. The summed E-state index contributed by atoms with van der Waals surface area (Å²) in [6.45, 7) is 2.31. The van der Waals surface area contributed by atoms with Crippen LogP contribution in [0.5, 0.6) is 0 Å². The fourth-order valence-corrected chi connectivity index (χ4v) is 2.65. The average Bonchev–Trinajstić information content (AvgIpc) is 3.08. The quantitative estimate of drug-likeness (QED) is 0.880. The molecule has 0 saturated carbocycles. The fourth-order valence-electron chi connectivity index (χ4n) is 2.65. The molecule has 6 heteroatoms. The molecule has 0 spiro atoms. The van der Waals surface area contributed by atoms with Crippen molar-refractivity contribution in [3.8, 4) is 11.3 Å². The number of nitrogens with one attached hydrogen (secondary N) is 1. The number of nitrogens with zero attached hydrogens (tertiary/aromatic N) is 2. The van der Waals surface area contributed by atoms with Crippen LogP contribution < -0.4 is 11.1 Å². The normalized spacial score (nSPS) is 17.1. The first-order valence-electron chi connectivity index (χ1n) is 7.76. The molecule has 1 fully saturated rings. The van der Waals surface area contributed by atoms with Gasteiger partial charge in [0, 0.05) is 37.0 Å². The van der Waals surface area contributed by atoms with Crippen LogP contribution in [0.2, 0.25) is 0 Å². The van der Waals surface area contributed by atoms with Crippen LogP contribution in [0.25, 0.3) is 11.3 Å². The number of nitrogens with two attached hydrogens (primary N) is 1. The second-order valence-electron chi connectivity index (χ2n) is 5.68. The molecule has 1 amide bonds. The summed E-state index contributed by atoms with van der Waals surface area (Å²) in [5, 5.41) is 2.96. The van der Waals surface area contributed by atoms with Gasteiger partial charge in [0.15, 0.2) is 0 Å². The molecule has 0 bridgehead atoms. The number of carbonyl (C=O) groups excluding carboxylic acids is 1. The van der Waals surface area contributed by atoms with Gasteiger partial charge in [-0.05, 0) is 30.9 Å². The second kappa shape index (κ2) is 7.19.